The van der Waals surface area contributed by atoms with Crippen LogP contribution in [-0.2, 0) is 0 Å². The molecule has 1 fully saturated rings. The molecule has 3 aromatic rings. The summed E-state index contributed by atoms with van der Waals surface area (Å²) in [6.45, 7) is 3.33. The van der Waals surface area contributed by atoms with Crippen molar-refractivity contribution in [2.45, 2.75) is 25.8 Å². The van der Waals surface area contributed by atoms with Crippen LogP contribution in [0.1, 0.15) is 61.2 Å². The maximum absolute atomic E-state index is 13.2. The van der Waals surface area contributed by atoms with Crippen molar-refractivity contribution in [3.8, 4) is 5.75 Å². The van der Waals surface area contributed by atoms with Crippen LogP contribution in [0.5, 0.6) is 5.75 Å². The molecule has 5 rings (SSSR count). The molecule has 1 aromatic heterocycles. The minimum atomic E-state index is -0.462. The van der Waals surface area contributed by atoms with Gasteiger partial charge in [0.25, 0.3) is 23.6 Å². The zero-order valence-corrected chi connectivity index (χ0v) is 20.3. The molecule has 1 N–H and O–H groups in total. The van der Waals surface area contributed by atoms with Crippen LogP contribution < -0.4 is 15.0 Å². The minimum absolute atomic E-state index is 0.0429. The monoisotopic (exact) mass is 498 g/mol. The Morgan fingerprint density at radius 3 is 2.38 bits per heavy atom. The van der Waals surface area contributed by atoms with Gasteiger partial charge >= 0.3 is 0 Å². The van der Waals surface area contributed by atoms with Crippen LogP contribution >= 0.6 is 0 Å². The first-order chi connectivity index (χ1) is 18.0. The van der Waals surface area contributed by atoms with Gasteiger partial charge < -0.3 is 15.0 Å². The lowest BCUT2D eigenvalue weighted by Gasteiger charge is -2.32. The Morgan fingerprint density at radius 2 is 1.70 bits per heavy atom. The van der Waals surface area contributed by atoms with Gasteiger partial charge in [0.1, 0.15) is 5.75 Å². The van der Waals surface area contributed by atoms with E-state index in [1.165, 1.54) is 18.3 Å². The summed E-state index contributed by atoms with van der Waals surface area (Å²) in [5.74, 6) is -0.628. The van der Waals surface area contributed by atoms with E-state index in [2.05, 4.69) is 10.3 Å². The summed E-state index contributed by atoms with van der Waals surface area (Å²) >= 11 is 0. The number of carbonyl (C=O) groups excluding carboxylic acids is 4. The lowest BCUT2D eigenvalue weighted by Crippen LogP contribution is -2.46. The number of nitrogens with zero attached hydrogens (tertiary/aromatic N) is 3. The normalized spacial score (nSPS) is 15.5. The van der Waals surface area contributed by atoms with E-state index >= 15 is 0 Å². The first-order valence-electron chi connectivity index (χ1n) is 12.2. The predicted octanol–water partition coefficient (Wildman–Crippen LogP) is 3.32. The van der Waals surface area contributed by atoms with Crippen LogP contribution in [0, 0.1) is 0 Å². The summed E-state index contributed by atoms with van der Waals surface area (Å²) in [5.41, 5.74) is 1.78. The highest BCUT2D eigenvalue weighted by molar-refractivity contribution is 6.34. The molecule has 2 aliphatic rings. The van der Waals surface area contributed by atoms with E-state index in [-0.39, 0.29) is 29.0 Å². The van der Waals surface area contributed by atoms with Crippen LogP contribution in [0.25, 0.3) is 0 Å². The molecule has 9 heteroatoms. The molecule has 0 unspecified atom stereocenters. The third-order valence-electron chi connectivity index (χ3n) is 6.58. The second-order valence-corrected chi connectivity index (χ2v) is 8.91. The molecule has 9 nitrogen and oxygen atoms in total. The van der Waals surface area contributed by atoms with Gasteiger partial charge in [-0.3, -0.25) is 24.2 Å². The van der Waals surface area contributed by atoms with Gasteiger partial charge in [0.2, 0.25) is 0 Å². The third kappa shape index (κ3) is 4.80. The fourth-order valence-electron chi connectivity index (χ4n) is 4.64. The minimum Gasteiger partial charge on any atom is -0.494 e. The van der Waals surface area contributed by atoms with Gasteiger partial charge in [-0.25, -0.2) is 4.90 Å². The second kappa shape index (κ2) is 10.2. The number of imide groups is 1. The predicted molar refractivity (Wildman–Crippen MR) is 136 cm³/mol. The van der Waals surface area contributed by atoms with Crippen molar-refractivity contribution in [3.63, 3.8) is 0 Å². The van der Waals surface area contributed by atoms with Crippen molar-refractivity contribution in [1.29, 1.82) is 0 Å². The maximum Gasteiger partial charge on any atom is 0.266 e. The number of piperidine rings is 1. The Balaban J connectivity index is 1.24. The molecule has 188 valence electrons. The lowest BCUT2D eigenvalue weighted by atomic mass is 10.0. The van der Waals surface area contributed by atoms with Crippen molar-refractivity contribution in [2.75, 3.05) is 24.6 Å². The quantitative estimate of drug-likeness (QED) is 0.523. The fourth-order valence-corrected chi connectivity index (χ4v) is 4.64. The van der Waals surface area contributed by atoms with E-state index in [4.69, 9.17) is 4.74 Å². The number of carbonyl (C=O) groups is 4. The lowest BCUT2D eigenvalue weighted by molar-refractivity contribution is 0.0697. The number of pyridine rings is 1. The number of fused-ring (bicyclic) bond motifs is 1. The van der Waals surface area contributed by atoms with Gasteiger partial charge in [-0.15, -0.1) is 0 Å². The maximum atomic E-state index is 13.2. The van der Waals surface area contributed by atoms with Crippen LogP contribution in [0.2, 0.25) is 0 Å². The Kier molecular flexibility index (Phi) is 6.68. The number of hydrogen-bond donors (Lipinski definition) is 1. The molecule has 2 aromatic carbocycles. The Labute approximate surface area is 214 Å². The first kappa shape index (κ1) is 24.2. The number of likely N-dealkylation sites (tertiary alicyclic amines) is 1. The first-order valence-corrected chi connectivity index (χ1v) is 12.2. The van der Waals surface area contributed by atoms with Gasteiger partial charge in [0, 0.05) is 37.1 Å². The number of rotatable bonds is 6. The van der Waals surface area contributed by atoms with Crippen molar-refractivity contribution in [2.24, 2.45) is 0 Å². The highest BCUT2D eigenvalue weighted by Gasteiger charge is 2.37. The van der Waals surface area contributed by atoms with Gasteiger partial charge in [0.15, 0.2) is 0 Å². The number of nitrogens with one attached hydrogen (secondary N) is 1. The van der Waals surface area contributed by atoms with E-state index in [0.29, 0.717) is 55.1 Å². The molecule has 0 atom stereocenters. The Morgan fingerprint density at radius 1 is 0.973 bits per heavy atom. The van der Waals surface area contributed by atoms with Crippen LogP contribution in [-0.4, -0.2) is 59.3 Å². The summed E-state index contributed by atoms with van der Waals surface area (Å²) in [6, 6.07) is 14.7. The standard InChI is InChI=1S/C28H26N4O5/c1-2-37-22-8-6-21(7-9-22)32-27(35)23-10-5-18(16-24(23)28(32)36)26(34)31-14-11-20(12-15-31)30-25(33)19-4-3-13-29-17-19/h3-10,13,16-17,20H,2,11-12,14-15H2,1H3,(H,30,33). The van der Waals surface area contributed by atoms with Gasteiger partial charge in [-0.1, -0.05) is 0 Å². The van der Waals surface area contributed by atoms with E-state index in [1.807, 2.05) is 6.92 Å². The topological polar surface area (TPSA) is 109 Å². The number of hydrogen-bond acceptors (Lipinski definition) is 6. The molecule has 0 bridgehead atoms. The Hall–Kier alpha value is -4.53. The molecule has 2 aliphatic heterocycles. The van der Waals surface area contributed by atoms with Gasteiger partial charge in [0.05, 0.1) is 29.0 Å². The third-order valence-corrected chi connectivity index (χ3v) is 6.58. The highest BCUT2D eigenvalue weighted by Crippen LogP contribution is 2.30. The number of amides is 4. The fraction of sp³-hybridized carbons (Fsp3) is 0.250. The van der Waals surface area contributed by atoms with Crippen molar-refractivity contribution < 1.29 is 23.9 Å². The second-order valence-electron chi connectivity index (χ2n) is 8.91. The summed E-state index contributed by atoms with van der Waals surface area (Å²) in [5, 5.41) is 3.00. The zero-order chi connectivity index (χ0) is 25.9. The van der Waals surface area contributed by atoms with E-state index in [1.54, 1.807) is 53.6 Å². The van der Waals surface area contributed by atoms with Gasteiger partial charge in [-0.2, -0.15) is 0 Å². The summed E-state index contributed by atoms with van der Waals surface area (Å²) in [4.78, 5) is 58.5. The summed E-state index contributed by atoms with van der Waals surface area (Å²) in [6.07, 6.45) is 4.36. The van der Waals surface area contributed by atoms with E-state index in [9.17, 15) is 19.2 Å². The number of ether oxygens (including phenoxy) is 1. The molecule has 0 aliphatic carbocycles. The average molecular weight is 499 g/mol. The number of benzene rings is 2. The van der Waals surface area contributed by atoms with E-state index < -0.39 is 11.8 Å². The molecule has 4 amide bonds. The SMILES string of the molecule is CCOc1ccc(N2C(=O)c3ccc(C(=O)N4CCC(NC(=O)c5cccnc5)CC4)cc3C2=O)cc1. The molecule has 1 saturated heterocycles. The molecule has 0 radical (unpaired) electrons. The summed E-state index contributed by atoms with van der Waals surface area (Å²) in [7, 11) is 0. The van der Waals surface area contributed by atoms with E-state index in [0.717, 1.165) is 4.90 Å². The molecule has 3 heterocycles. The van der Waals surface area contributed by atoms with Crippen LogP contribution in [0.15, 0.2) is 67.0 Å². The van der Waals surface area contributed by atoms with Crippen LogP contribution in [0.4, 0.5) is 5.69 Å². The molecular weight excluding hydrogens is 472 g/mol. The zero-order valence-electron chi connectivity index (χ0n) is 20.3. The van der Waals surface area contributed by atoms with Crippen molar-refractivity contribution in [1.82, 2.24) is 15.2 Å². The molecule has 0 spiro atoms. The van der Waals surface area contributed by atoms with Crippen molar-refractivity contribution >= 4 is 29.3 Å². The Bertz CT molecular complexity index is 1350. The molecule has 0 saturated carbocycles. The molecule has 37 heavy (non-hydrogen) atoms. The highest BCUT2D eigenvalue weighted by atomic mass is 16.5. The molecular formula is C28H26N4O5. The summed E-state index contributed by atoms with van der Waals surface area (Å²) < 4.78 is 5.43. The van der Waals surface area contributed by atoms with Crippen molar-refractivity contribution in [3.05, 3.63) is 89.2 Å². The smallest absolute Gasteiger partial charge is 0.266 e. The van der Waals surface area contributed by atoms with Gasteiger partial charge in [-0.05, 0) is 74.4 Å². The number of aromatic nitrogens is 1. The van der Waals surface area contributed by atoms with Crippen LogP contribution in [0.3, 0.4) is 0 Å². The average Bonchev–Trinajstić information content (AvgIpc) is 3.19. The largest absolute Gasteiger partial charge is 0.494 e. The number of anilines is 1.